The molecule has 3 heteroatoms. The van der Waals surface area contributed by atoms with Crippen LogP contribution in [0, 0.1) is 0 Å². The van der Waals surface area contributed by atoms with Crippen molar-refractivity contribution >= 4 is 71.6 Å². The van der Waals surface area contributed by atoms with E-state index in [0.717, 1.165) is 55.5 Å². The number of anilines is 3. The quantitative estimate of drug-likeness (QED) is 0.159. The monoisotopic (exact) mass is 1100 g/mol. The summed E-state index contributed by atoms with van der Waals surface area (Å²) in [5, 5.41) is 7.16. The molecule has 404 valence electrons. The van der Waals surface area contributed by atoms with E-state index in [1.165, 1.54) is 111 Å². The Bertz CT molecular complexity index is 5500. The van der Waals surface area contributed by atoms with Gasteiger partial charge in [-0.15, -0.1) is 0 Å². The Morgan fingerprint density at radius 2 is 0.793 bits per heavy atom. The predicted molar refractivity (Wildman–Crippen MR) is 359 cm³/mol. The van der Waals surface area contributed by atoms with Gasteiger partial charge in [0.25, 0.3) is 0 Å². The minimum atomic E-state index is -0.557. The lowest BCUT2D eigenvalue weighted by atomic mass is 9.65. The first-order valence-electron chi connectivity index (χ1n) is 30.2. The van der Waals surface area contributed by atoms with Gasteiger partial charge in [0.05, 0.1) is 27.6 Å². The van der Waals surface area contributed by atoms with Crippen molar-refractivity contribution in [2.45, 2.75) is 10.8 Å². The first-order valence-corrected chi connectivity index (χ1v) is 30.2. The Morgan fingerprint density at radius 1 is 0.287 bits per heavy atom. The number of fused-ring (bicyclic) bond motifs is 19. The number of furan rings is 1. The Kier molecular flexibility index (Phi) is 10.0. The molecule has 87 heavy (non-hydrogen) atoms. The molecule has 0 fully saturated rings. The van der Waals surface area contributed by atoms with E-state index in [1.807, 2.05) is 6.07 Å². The molecule has 16 aromatic rings. The van der Waals surface area contributed by atoms with Gasteiger partial charge in [0, 0.05) is 44.2 Å². The summed E-state index contributed by atoms with van der Waals surface area (Å²) in [6.07, 6.45) is 0. The van der Waals surface area contributed by atoms with Crippen LogP contribution in [0.15, 0.2) is 320 Å². The Hall–Kier alpha value is -11.3. The van der Waals surface area contributed by atoms with Gasteiger partial charge < -0.3 is 13.9 Å². The van der Waals surface area contributed by atoms with Crippen molar-refractivity contribution in [3.8, 4) is 50.2 Å². The van der Waals surface area contributed by atoms with E-state index in [2.05, 4.69) is 319 Å². The van der Waals surface area contributed by atoms with Crippen LogP contribution >= 0.6 is 0 Å². The number of aromatic nitrogens is 1. The SMILES string of the molecule is c1ccc(C2(c3ccccc3)c3ccccc3-c3ccc(N(c4ccc(-c5cccc6c5oc5ccccc56)cc4)c4ccc5cc(-c6ccc7c(c6)C6(c8ccccc8-7)c7ccccc7-n7c8ccccc8c8cccc6c87)ccc5c4)cc32)cc1. The number of benzene rings is 14. The number of nitrogens with zero attached hydrogens (tertiary/aromatic N) is 2. The van der Waals surface area contributed by atoms with E-state index in [4.69, 9.17) is 4.42 Å². The molecular weight excluding hydrogens is 1050 g/mol. The first-order chi connectivity index (χ1) is 43.1. The molecule has 2 aromatic heterocycles. The van der Waals surface area contributed by atoms with Gasteiger partial charge >= 0.3 is 0 Å². The molecule has 1 unspecified atom stereocenters. The summed E-state index contributed by atoms with van der Waals surface area (Å²) in [7, 11) is 0. The second kappa shape index (κ2) is 18.1. The standard InChI is InChI=1S/C84H52N2O/c1-3-19-58(20-4-1)83(59-21-5-2-6-22-59)72-30-11-7-23-64(72)67-48-46-62(52-77(67)83)85(60-43-39-53(40-44-60)63-27-17-29-71-69-26-10-16-36-80(69)87-82(63)71)61-45-41-55-49-54(37-38-56(55)50-61)57-42-47-66-65-24-8-12-31-73(65)84(76(66)51-57)74-32-13-15-35-79(74)86-78-34-14-9-25-68(78)70-28-18-33-75(84)81(70)86/h1-52H. The van der Waals surface area contributed by atoms with Crippen molar-refractivity contribution in [1.82, 2.24) is 4.57 Å². The van der Waals surface area contributed by atoms with Gasteiger partial charge in [-0.2, -0.15) is 0 Å². The zero-order valence-electron chi connectivity index (χ0n) is 47.3. The van der Waals surface area contributed by atoms with Crippen LogP contribution in [-0.2, 0) is 10.8 Å². The molecule has 1 spiro atoms. The van der Waals surface area contributed by atoms with Gasteiger partial charge in [-0.25, -0.2) is 0 Å². The maximum absolute atomic E-state index is 6.59. The Labute approximate surface area is 503 Å². The molecule has 0 amide bonds. The summed E-state index contributed by atoms with van der Waals surface area (Å²) in [6.45, 7) is 0. The first kappa shape index (κ1) is 48.1. The highest BCUT2D eigenvalue weighted by Crippen LogP contribution is 2.62. The third-order valence-electron chi connectivity index (χ3n) is 19.6. The summed E-state index contributed by atoms with van der Waals surface area (Å²) in [5.41, 5.74) is 27.6. The minimum Gasteiger partial charge on any atom is -0.455 e. The fraction of sp³-hybridized carbons (Fsp3) is 0.0238. The topological polar surface area (TPSA) is 21.3 Å². The van der Waals surface area contributed by atoms with Crippen molar-refractivity contribution in [3.05, 3.63) is 360 Å². The van der Waals surface area contributed by atoms with Crippen LogP contribution in [0.4, 0.5) is 17.1 Å². The van der Waals surface area contributed by atoms with Crippen molar-refractivity contribution in [2.24, 2.45) is 0 Å². The largest absolute Gasteiger partial charge is 0.455 e. The lowest BCUT2D eigenvalue weighted by Crippen LogP contribution is -2.33. The molecule has 0 bridgehead atoms. The van der Waals surface area contributed by atoms with E-state index >= 15 is 0 Å². The zero-order valence-corrected chi connectivity index (χ0v) is 47.3. The third kappa shape index (κ3) is 6.55. The average Bonchev–Trinajstić information content (AvgIpc) is 1.59. The molecule has 0 saturated heterocycles. The summed E-state index contributed by atoms with van der Waals surface area (Å²) >= 11 is 0. The summed E-state index contributed by atoms with van der Waals surface area (Å²) < 4.78 is 9.11. The number of hydrogen-bond donors (Lipinski definition) is 0. The van der Waals surface area contributed by atoms with E-state index in [0.29, 0.717) is 0 Å². The summed E-state index contributed by atoms with van der Waals surface area (Å²) in [5.74, 6) is 0. The molecule has 3 nitrogen and oxygen atoms in total. The van der Waals surface area contributed by atoms with Gasteiger partial charge in [-0.1, -0.05) is 249 Å². The molecule has 14 aromatic carbocycles. The minimum absolute atomic E-state index is 0.529. The maximum Gasteiger partial charge on any atom is 0.143 e. The van der Waals surface area contributed by atoms with Crippen molar-refractivity contribution in [3.63, 3.8) is 0 Å². The van der Waals surface area contributed by atoms with Crippen LogP contribution in [0.3, 0.4) is 0 Å². The molecule has 0 radical (unpaired) electrons. The van der Waals surface area contributed by atoms with E-state index in [9.17, 15) is 0 Å². The normalized spacial score (nSPS) is 14.8. The van der Waals surface area contributed by atoms with Crippen LogP contribution in [0.1, 0.15) is 44.5 Å². The van der Waals surface area contributed by atoms with Gasteiger partial charge in [0.2, 0.25) is 0 Å². The van der Waals surface area contributed by atoms with Crippen LogP contribution in [0.5, 0.6) is 0 Å². The number of rotatable bonds is 7. The van der Waals surface area contributed by atoms with Crippen molar-refractivity contribution < 1.29 is 4.42 Å². The van der Waals surface area contributed by atoms with Crippen LogP contribution in [0.2, 0.25) is 0 Å². The number of hydrogen-bond acceptors (Lipinski definition) is 2. The zero-order chi connectivity index (χ0) is 57.0. The lowest BCUT2D eigenvalue weighted by molar-refractivity contribution is 0.670. The second-order valence-electron chi connectivity index (χ2n) is 23.8. The molecule has 3 heterocycles. The van der Waals surface area contributed by atoms with Gasteiger partial charge in [-0.05, 0) is 161 Å². The van der Waals surface area contributed by atoms with Crippen LogP contribution in [-0.4, -0.2) is 4.57 Å². The van der Waals surface area contributed by atoms with Crippen molar-refractivity contribution in [1.29, 1.82) is 0 Å². The Balaban J connectivity index is 0.773. The molecule has 0 saturated carbocycles. The fourth-order valence-corrected chi connectivity index (χ4v) is 16.1. The van der Waals surface area contributed by atoms with Crippen LogP contribution < -0.4 is 4.90 Å². The predicted octanol–water partition coefficient (Wildman–Crippen LogP) is 21.7. The van der Waals surface area contributed by atoms with Gasteiger partial charge in [0.1, 0.15) is 11.2 Å². The highest BCUT2D eigenvalue weighted by Gasteiger charge is 2.51. The average molecular weight is 1110 g/mol. The van der Waals surface area contributed by atoms with Crippen LogP contribution in [0.25, 0.3) is 105 Å². The lowest BCUT2D eigenvalue weighted by Gasteiger charge is -2.39. The van der Waals surface area contributed by atoms with Crippen molar-refractivity contribution in [2.75, 3.05) is 4.90 Å². The second-order valence-corrected chi connectivity index (χ2v) is 23.8. The fourth-order valence-electron chi connectivity index (χ4n) is 16.1. The Morgan fingerprint density at radius 3 is 1.59 bits per heavy atom. The number of para-hydroxylation sites is 5. The summed E-state index contributed by atoms with van der Waals surface area (Å²) in [4.78, 5) is 2.45. The highest BCUT2D eigenvalue weighted by molar-refractivity contribution is 6.13. The van der Waals surface area contributed by atoms with E-state index < -0.39 is 10.8 Å². The third-order valence-corrected chi connectivity index (χ3v) is 19.6. The smallest absolute Gasteiger partial charge is 0.143 e. The molecule has 2 aliphatic carbocycles. The van der Waals surface area contributed by atoms with Gasteiger partial charge in [-0.3, -0.25) is 0 Å². The molecule has 19 rings (SSSR count). The van der Waals surface area contributed by atoms with E-state index in [1.54, 1.807) is 0 Å². The molecular formula is C84H52N2O. The maximum atomic E-state index is 6.59. The highest BCUT2D eigenvalue weighted by atomic mass is 16.3. The summed E-state index contributed by atoms with van der Waals surface area (Å²) in [6, 6.07) is 118. The van der Waals surface area contributed by atoms with E-state index in [-0.39, 0.29) is 0 Å². The van der Waals surface area contributed by atoms with Gasteiger partial charge in [0.15, 0.2) is 0 Å². The molecule has 3 aliphatic rings. The molecule has 1 aliphatic heterocycles. The molecule has 0 N–H and O–H groups in total. The molecule has 1 atom stereocenters.